The van der Waals surface area contributed by atoms with Crippen molar-refractivity contribution >= 4 is 27.9 Å². The summed E-state index contributed by atoms with van der Waals surface area (Å²) in [5.74, 6) is 0.727. The Morgan fingerprint density at radius 2 is 1.75 bits per heavy atom. The lowest BCUT2D eigenvalue weighted by Gasteiger charge is -2.25. The van der Waals surface area contributed by atoms with E-state index < -0.39 is 10.0 Å². The van der Waals surface area contributed by atoms with Crippen LogP contribution in [0.5, 0.6) is 5.75 Å². The maximum Gasteiger partial charge on any atom is 0.257 e. The third kappa shape index (κ3) is 5.64. The highest BCUT2D eigenvalue weighted by atomic mass is 32.2. The van der Waals surface area contributed by atoms with Gasteiger partial charge in [0.2, 0.25) is 10.0 Å². The molecule has 0 radical (unpaired) electrons. The third-order valence-electron chi connectivity index (χ3n) is 4.78. The topological polar surface area (TPSA) is 90.3 Å². The first kappa shape index (κ1) is 23.3. The molecule has 8 heteroatoms. The fraction of sp³-hybridized carbons (Fsp3) is 0.250. The van der Waals surface area contributed by atoms with E-state index in [0.717, 1.165) is 28.7 Å². The van der Waals surface area contributed by atoms with Crippen LogP contribution >= 0.6 is 0 Å². The molecule has 7 nitrogen and oxygen atoms in total. The number of aromatic nitrogens is 2. The van der Waals surface area contributed by atoms with Crippen LogP contribution in [0, 0.1) is 0 Å². The number of methoxy groups -OCH3 is 1. The smallest absolute Gasteiger partial charge is 0.257 e. The van der Waals surface area contributed by atoms with Gasteiger partial charge in [-0.2, -0.15) is 0 Å². The number of ether oxygens (including phenoxy) is 1. The zero-order valence-electron chi connectivity index (χ0n) is 18.8. The zero-order valence-corrected chi connectivity index (χ0v) is 19.6. The van der Waals surface area contributed by atoms with Gasteiger partial charge in [-0.25, -0.2) is 13.4 Å². The molecular weight excluding hydrogens is 426 g/mol. The summed E-state index contributed by atoms with van der Waals surface area (Å²) in [7, 11) is -1.70. The van der Waals surface area contributed by atoms with Gasteiger partial charge in [-0.1, -0.05) is 45.1 Å². The minimum atomic E-state index is -3.33. The lowest BCUT2D eigenvalue weighted by atomic mass is 9.84. The number of hydrogen-bond donors (Lipinski definition) is 1. The predicted octanol–water partition coefficient (Wildman–Crippen LogP) is 4.08. The van der Waals surface area contributed by atoms with E-state index in [9.17, 15) is 13.2 Å². The van der Waals surface area contributed by atoms with Crippen molar-refractivity contribution in [2.75, 3.05) is 18.1 Å². The highest BCUT2D eigenvalue weighted by Crippen LogP contribution is 2.37. The van der Waals surface area contributed by atoms with Crippen molar-refractivity contribution in [2.24, 2.45) is 0 Å². The van der Waals surface area contributed by atoms with E-state index in [1.54, 1.807) is 19.2 Å². The van der Waals surface area contributed by atoms with Gasteiger partial charge in [0.05, 0.1) is 19.1 Å². The molecule has 0 aliphatic carbocycles. The molecule has 3 aromatic rings. The van der Waals surface area contributed by atoms with E-state index in [1.807, 2.05) is 36.4 Å². The van der Waals surface area contributed by atoms with Crippen LogP contribution in [0.15, 0.2) is 59.8 Å². The van der Waals surface area contributed by atoms with Crippen molar-refractivity contribution in [2.45, 2.75) is 26.2 Å². The molecule has 1 heterocycles. The average molecular weight is 454 g/mol. The molecule has 3 rings (SSSR count). The number of nitrogens with zero attached hydrogens (tertiary/aromatic N) is 2. The van der Waals surface area contributed by atoms with Gasteiger partial charge in [0.15, 0.2) is 0 Å². The molecule has 0 spiro atoms. The number of nitrogens with one attached hydrogen (secondary N) is 1. The molecule has 168 valence electrons. The first-order valence-electron chi connectivity index (χ1n) is 9.99. The van der Waals surface area contributed by atoms with E-state index in [4.69, 9.17) is 4.74 Å². The van der Waals surface area contributed by atoms with Gasteiger partial charge in [-0.05, 0) is 35.2 Å². The molecule has 0 saturated heterocycles. The second kappa shape index (κ2) is 9.00. The first-order valence-corrected chi connectivity index (χ1v) is 11.9. The summed E-state index contributed by atoms with van der Waals surface area (Å²) in [6.07, 6.45) is 7.90. The van der Waals surface area contributed by atoms with Crippen LogP contribution in [0.2, 0.25) is 0 Å². The maximum absolute atomic E-state index is 12.4. The molecule has 0 saturated carbocycles. The molecule has 0 fully saturated rings. The number of anilines is 1. The molecule has 1 aromatic heterocycles. The first-order chi connectivity index (χ1) is 15.0. The van der Waals surface area contributed by atoms with E-state index >= 15 is 0 Å². The Bertz CT molecular complexity index is 1300. The summed E-state index contributed by atoms with van der Waals surface area (Å²) in [4.78, 5) is 16.5. The normalized spacial score (nSPS) is 12.2. The molecule has 0 bridgehead atoms. The van der Waals surface area contributed by atoms with Crippen LogP contribution in [0.3, 0.4) is 0 Å². The van der Waals surface area contributed by atoms with E-state index in [0.29, 0.717) is 11.4 Å². The van der Waals surface area contributed by atoms with Crippen molar-refractivity contribution in [3.05, 3.63) is 82.0 Å². The monoisotopic (exact) mass is 453 g/mol. The van der Waals surface area contributed by atoms with Gasteiger partial charge < -0.3 is 4.74 Å². The summed E-state index contributed by atoms with van der Waals surface area (Å²) in [5, 5.41) is 0. The predicted molar refractivity (Wildman–Crippen MR) is 129 cm³/mol. The van der Waals surface area contributed by atoms with Crippen molar-refractivity contribution in [3.63, 3.8) is 0 Å². The Balaban J connectivity index is 2.07. The molecule has 1 N–H and O–H groups in total. The minimum Gasteiger partial charge on any atom is -0.496 e. The second-order valence-corrected chi connectivity index (χ2v) is 10.2. The van der Waals surface area contributed by atoms with Gasteiger partial charge in [0.25, 0.3) is 5.56 Å². The summed E-state index contributed by atoms with van der Waals surface area (Å²) in [5.41, 5.74) is 3.44. The van der Waals surface area contributed by atoms with E-state index in [-0.39, 0.29) is 11.0 Å². The minimum absolute atomic E-state index is 0.172. The molecule has 0 aliphatic rings. The Morgan fingerprint density at radius 1 is 1.06 bits per heavy atom. The van der Waals surface area contributed by atoms with Gasteiger partial charge >= 0.3 is 0 Å². The SMILES string of the molecule is COc1c(/C=C/c2ccc(NS(C)(=O)=O)cc2)cc(-n2cnccc2=O)cc1C(C)(C)C. The standard InChI is InChI=1S/C24H27N3O4S/c1-24(2,3)21-15-20(27-16-25-13-12-22(27)28)14-18(23(21)31-4)9-6-17-7-10-19(11-8-17)26-32(5,29)30/h6-16,26H,1-5H3/b9-6+. The largest absolute Gasteiger partial charge is 0.496 e. The number of benzene rings is 2. The molecule has 0 atom stereocenters. The molecule has 2 aromatic carbocycles. The van der Waals surface area contributed by atoms with Crippen LogP contribution in [-0.4, -0.2) is 31.3 Å². The number of rotatable bonds is 6. The highest BCUT2D eigenvalue weighted by Gasteiger charge is 2.22. The summed E-state index contributed by atoms with van der Waals surface area (Å²) in [6.45, 7) is 6.25. The van der Waals surface area contributed by atoms with Gasteiger partial charge in [-0.15, -0.1) is 0 Å². The van der Waals surface area contributed by atoms with Gasteiger partial charge in [0.1, 0.15) is 12.1 Å². The summed E-state index contributed by atoms with van der Waals surface area (Å²) < 4.78 is 32.5. The van der Waals surface area contributed by atoms with Crippen molar-refractivity contribution in [1.82, 2.24) is 9.55 Å². The lowest BCUT2D eigenvalue weighted by molar-refractivity contribution is 0.396. The van der Waals surface area contributed by atoms with Gasteiger partial charge in [-0.3, -0.25) is 14.1 Å². The Morgan fingerprint density at radius 3 is 2.31 bits per heavy atom. The van der Waals surface area contributed by atoms with Crippen LogP contribution in [0.4, 0.5) is 5.69 Å². The van der Waals surface area contributed by atoms with Crippen molar-refractivity contribution in [1.29, 1.82) is 0 Å². The van der Waals surface area contributed by atoms with Crippen LogP contribution in [-0.2, 0) is 15.4 Å². The quantitative estimate of drug-likeness (QED) is 0.568. The summed E-state index contributed by atoms with van der Waals surface area (Å²) >= 11 is 0. The van der Waals surface area contributed by atoms with Crippen LogP contribution in [0.1, 0.15) is 37.5 Å². The van der Waals surface area contributed by atoms with Crippen LogP contribution < -0.4 is 15.0 Å². The fourth-order valence-corrected chi connectivity index (χ4v) is 3.85. The lowest BCUT2D eigenvalue weighted by Crippen LogP contribution is -2.19. The zero-order chi connectivity index (χ0) is 23.5. The second-order valence-electron chi connectivity index (χ2n) is 8.48. The Kier molecular flexibility index (Phi) is 6.55. The van der Waals surface area contributed by atoms with Crippen molar-refractivity contribution in [3.8, 4) is 11.4 Å². The number of hydrogen-bond acceptors (Lipinski definition) is 5. The number of sulfonamides is 1. The van der Waals surface area contributed by atoms with E-state index in [1.165, 1.54) is 23.2 Å². The summed E-state index contributed by atoms with van der Waals surface area (Å²) in [6, 6.07) is 12.3. The van der Waals surface area contributed by atoms with Gasteiger partial charge in [0, 0.05) is 29.1 Å². The molecule has 32 heavy (non-hydrogen) atoms. The molecule has 0 amide bonds. The van der Waals surface area contributed by atoms with Crippen molar-refractivity contribution < 1.29 is 13.2 Å². The molecule has 0 aliphatic heterocycles. The Hall–Kier alpha value is -3.39. The fourth-order valence-electron chi connectivity index (χ4n) is 3.29. The Labute approximate surface area is 188 Å². The molecule has 0 unspecified atom stereocenters. The average Bonchev–Trinajstić information content (AvgIpc) is 2.71. The van der Waals surface area contributed by atoms with Crippen LogP contribution in [0.25, 0.3) is 17.8 Å². The van der Waals surface area contributed by atoms with E-state index in [2.05, 4.69) is 30.5 Å². The molecular formula is C24H27N3O4S. The maximum atomic E-state index is 12.4. The third-order valence-corrected chi connectivity index (χ3v) is 5.39. The highest BCUT2D eigenvalue weighted by molar-refractivity contribution is 7.92.